The standard InChI is InChI=1S/C25H20F3N5O5/c1-15(34)30-17-7-11-19(12-8-17)37-21-4-2-3-20(31-21)23(35)29-13-14-36-18-9-5-16(6-10-18)22-32-24(38-33-22)25(26,27)28/h2-12H,13-14H2,1H3,(H,29,35)(H,30,34). The van der Waals surface area contributed by atoms with Gasteiger partial charge in [0.1, 0.15) is 23.8 Å². The molecule has 0 spiro atoms. The number of carbonyl (C=O) groups excluding carboxylic acids is 2. The Morgan fingerprint density at radius 2 is 1.66 bits per heavy atom. The number of hydrogen-bond acceptors (Lipinski definition) is 8. The highest BCUT2D eigenvalue weighted by atomic mass is 19.4. The van der Waals surface area contributed by atoms with E-state index in [2.05, 4.69) is 30.3 Å². The van der Waals surface area contributed by atoms with Crippen LogP contribution < -0.4 is 20.1 Å². The molecule has 10 nitrogen and oxygen atoms in total. The maximum absolute atomic E-state index is 12.6. The van der Waals surface area contributed by atoms with Gasteiger partial charge in [-0.1, -0.05) is 11.2 Å². The minimum atomic E-state index is -4.72. The van der Waals surface area contributed by atoms with Crippen LogP contribution in [0.1, 0.15) is 23.3 Å². The molecule has 4 aromatic rings. The number of anilines is 1. The van der Waals surface area contributed by atoms with Crippen LogP contribution in [0.3, 0.4) is 0 Å². The topological polar surface area (TPSA) is 128 Å². The first-order chi connectivity index (χ1) is 18.2. The zero-order chi connectivity index (χ0) is 27.1. The van der Waals surface area contributed by atoms with E-state index in [0.29, 0.717) is 22.7 Å². The molecule has 0 radical (unpaired) electrons. The second kappa shape index (κ2) is 11.4. The molecule has 0 unspecified atom stereocenters. The van der Waals surface area contributed by atoms with Gasteiger partial charge in [0.05, 0.1) is 6.54 Å². The summed E-state index contributed by atoms with van der Waals surface area (Å²) in [6.45, 7) is 1.70. The van der Waals surface area contributed by atoms with Crippen LogP contribution in [-0.4, -0.2) is 40.1 Å². The van der Waals surface area contributed by atoms with Gasteiger partial charge in [-0.3, -0.25) is 9.59 Å². The van der Waals surface area contributed by atoms with Crippen molar-refractivity contribution in [3.8, 4) is 28.8 Å². The summed E-state index contributed by atoms with van der Waals surface area (Å²) >= 11 is 0. The van der Waals surface area contributed by atoms with E-state index in [-0.39, 0.29) is 36.5 Å². The summed E-state index contributed by atoms with van der Waals surface area (Å²) in [5.74, 6) is -1.12. The lowest BCUT2D eigenvalue weighted by Crippen LogP contribution is -2.28. The number of aromatic nitrogens is 3. The molecule has 2 N–H and O–H groups in total. The molecule has 196 valence electrons. The average Bonchev–Trinajstić information content (AvgIpc) is 3.39. The molecule has 4 rings (SSSR count). The fraction of sp³-hybridized carbons (Fsp3) is 0.160. The van der Waals surface area contributed by atoms with Crippen LogP contribution in [0.2, 0.25) is 0 Å². The Labute approximate surface area is 213 Å². The summed E-state index contributed by atoms with van der Waals surface area (Å²) in [5, 5.41) is 8.66. The molecule has 0 aliphatic heterocycles. The molecular weight excluding hydrogens is 507 g/mol. The normalized spacial score (nSPS) is 11.1. The number of carbonyl (C=O) groups is 2. The minimum Gasteiger partial charge on any atom is -0.492 e. The van der Waals surface area contributed by atoms with Gasteiger partial charge in [0, 0.05) is 24.2 Å². The molecule has 0 aliphatic rings. The summed E-state index contributed by atoms with van der Waals surface area (Å²) in [5.41, 5.74) is 1.08. The summed E-state index contributed by atoms with van der Waals surface area (Å²) in [4.78, 5) is 31.1. The lowest BCUT2D eigenvalue weighted by atomic mass is 10.2. The number of halogens is 3. The van der Waals surface area contributed by atoms with Gasteiger partial charge in [0.25, 0.3) is 5.91 Å². The number of ether oxygens (including phenoxy) is 2. The number of benzene rings is 2. The Hall–Kier alpha value is -4.94. The van der Waals surface area contributed by atoms with Crippen molar-refractivity contribution < 1.29 is 36.8 Å². The Morgan fingerprint density at radius 3 is 2.32 bits per heavy atom. The minimum absolute atomic E-state index is 0.127. The van der Waals surface area contributed by atoms with Crippen molar-refractivity contribution in [1.82, 2.24) is 20.4 Å². The highest BCUT2D eigenvalue weighted by molar-refractivity contribution is 5.92. The zero-order valence-electron chi connectivity index (χ0n) is 19.8. The predicted octanol–water partition coefficient (Wildman–Crippen LogP) is 4.71. The molecule has 0 bridgehead atoms. The molecule has 38 heavy (non-hydrogen) atoms. The zero-order valence-corrected chi connectivity index (χ0v) is 19.8. The van der Waals surface area contributed by atoms with E-state index in [0.717, 1.165) is 0 Å². The molecule has 2 aromatic carbocycles. The molecule has 2 heterocycles. The van der Waals surface area contributed by atoms with E-state index >= 15 is 0 Å². The first-order valence-corrected chi connectivity index (χ1v) is 11.1. The smallest absolute Gasteiger partial charge is 0.471 e. The fourth-order valence-electron chi connectivity index (χ4n) is 3.11. The molecule has 2 amide bonds. The third-order valence-electron chi connectivity index (χ3n) is 4.79. The Balaban J connectivity index is 1.24. The molecule has 0 saturated heterocycles. The van der Waals surface area contributed by atoms with Gasteiger partial charge in [0.15, 0.2) is 0 Å². The molecule has 0 aliphatic carbocycles. The number of nitrogens with one attached hydrogen (secondary N) is 2. The van der Waals surface area contributed by atoms with Crippen molar-refractivity contribution in [2.24, 2.45) is 0 Å². The number of nitrogens with zero attached hydrogens (tertiary/aromatic N) is 3. The van der Waals surface area contributed by atoms with E-state index < -0.39 is 18.0 Å². The van der Waals surface area contributed by atoms with E-state index in [1.807, 2.05) is 0 Å². The summed E-state index contributed by atoms with van der Waals surface area (Å²) in [6, 6.07) is 17.5. The second-order valence-corrected chi connectivity index (χ2v) is 7.72. The largest absolute Gasteiger partial charge is 0.492 e. The predicted molar refractivity (Wildman–Crippen MR) is 128 cm³/mol. The van der Waals surface area contributed by atoms with E-state index in [9.17, 15) is 22.8 Å². The van der Waals surface area contributed by atoms with Gasteiger partial charge in [-0.15, -0.1) is 0 Å². The van der Waals surface area contributed by atoms with Crippen molar-refractivity contribution in [2.75, 3.05) is 18.5 Å². The first kappa shape index (κ1) is 26.1. The maximum Gasteiger partial charge on any atom is 0.471 e. The van der Waals surface area contributed by atoms with Crippen molar-refractivity contribution >= 4 is 17.5 Å². The lowest BCUT2D eigenvalue weighted by molar-refractivity contribution is -0.159. The lowest BCUT2D eigenvalue weighted by Gasteiger charge is -2.09. The van der Waals surface area contributed by atoms with Crippen LogP contribution in [0.25, 0.3) is 11.4 Å². The van der Waals surface area contributed by atoms with Crippen LogP contribution in [0.5, 0.6) is 17.4 Å². The molecule has 0 fully saturated rings. The average molecular weight is 527 g/mol. The third kappa shape index (κ3) is 7.06. The molecule has 0 saturated carbocycles. The first-order valence-electron chi connectivity index (χ1n) is 11.1. The van der Waals surface area contributed by atoms with Crippen LogP contribution in [-0.2, 0) is 11.0 Å². The van der Waals surface area contributed by atoms with Crippen LogP contribution in [0.4, 0.5) is 18.9 Å². The van der Waals surface area contributed by atoms with Crippen LogP contribution >= 0.6 is 0 Å². The summed E-state index contributed by atoms with van der Waals surface area (Å²) < 4.78 is 53.3. The van der Waals surface area contributed by atoms with Gasteiger partial charge >= 0.3 is 12.1 Å². The van der Waals surface area contributed by atoms with Crippen molar-refractivity contribution in [3.63, 3.8) is 0 Å². The van der Waals surface area contributed by atoms with Crippen molar-refractivity contribution in [3.05, 3.63) is 78.3 Å². The number of hydrogen-bond donors (Lipinski definition) is 2. The highest BCUT2D eigenvalue weighted by Crippen LogP contribution is 2.29. The summed E-state index contributed by atoms with van der Waals surface area (Å²) in [7, 11) is 0. The van der Waals surface area contributed by atoms with Gasteiger partial charge < -0.3 is 24.6 Å². The van der Waals surface area contributed by atoms with Gasteiger partial charge in [0.2, 0.25) is 17.6 Å². The number of rotatable bonds is 9. The fourth-order valence-corrected chi connectivity index (χ4v) is 3.11. The van der Waals surface area contributed by atoms with E-state index in [4.69, 9.17) is 9.47 Å². The monoisotopic (exact) mass is 527 g/mol. The molecular formula is C25H20F3N5O5. The van der Waals surface area contributed by atoms with E-state index in [1.165, 1.54) is 37.3 Å². The second-order valence-electron chi connectivity index (χ2n) is 7.72. The third-order valence-corrected chi connectivity index (χ3v) is 4.79. The Bertz CT molecular complexity index is 1410. The van der Waals surface area contributed by atoms with Gasteiger partial charge in [-0.25, -0.2) is 4.98 Å². The van der Waals surface area contributed by atoms with Crippen LogP contribution in [0, 0.1) is 0 Å². The Morgan fingerprint density at radius 1 is 0.947 bits per heavy atom. The molecule has 13 heteroatoms. The van der Waals surface area contributed by atoms with E-state index in [1.54, 1.807) is 36.4 Å². The molecule has 0 atom stereocenters. The molecule has 2 aromatic heterocycles. The number of alkyl halides is 3. The number of pyridine rings is 1. The Kier molecular flexibility index (Phi) is 7.85. The SMILES string of the molecule is CC(=O)Nc1ccc(Oc2cccc(C(=O)NCCOc3ccc(-c4noc(C(F)(F)F)n4)cc3)n2)cc1. The number of amides is 2. The van der Waals surface area contributed by atoms with Crippen LogP contribution in [0.15, 0.2) is 71.3 Å². The highest BCUT2D eigenvalue weighted by Gasteiger charge is 2.38. The quantitative estimate of drug-likeness (QED) is 0.300. The summed E-state index contributed by atoms with van der Waals surface area (Å²) in [6.07, 6.45) is -4.72. The van der Waals surface area contributed by atoms with Gasteiger partial charge in [-0.2, -0.15) is 18.2 Å². The van der Waals surface area contributed by atoms with Gasteiger partial charge in [-0.05, 0) is 54.6 Å². The van der Waals surface area contributed by atoms with Crippen molar-refractivity contribution in [1.29, 1.82) is 0 Å². The van der Waals surface area contributed by atoms with Crippen molar-refractivity contribution in [2.45, 2.75) is 13.1 Å². The maximum atomic E-state index is 12.6.